The Kier molecular flexibility index (Phi) is 5.44. The molecule has 0 amide bonds. The minimum absolute atomic E-state index is 0.108. The number of halogens is 1. The smallest absolute Gasteiger partial charge is 0.261 e. The van der Waals surface area contributed by atoms with Crippen LogP contribution >= 0.6 is 0 Å². The van der Waals surface area contributed by atoms with Gasteiger partial charge in [-0.25, -0.2) is 17.8 Å². The number of para-hydroxylation sites is 1. The predicted molar refractivity (Wildman–Crippen MR) is 112 cm³/mol. The summed E-state index contributed by atoms with van der Waals surface area (Å²) >= 11 is 0. The highest BCUT2D eigenvalue weighted by molar-refractivity contribution is 7.89. The molecule has 0 saturated carbocycles. The van der Waals surface area contributed by atoms with Gasteiger partial charge < -0.3 is 0 Å². The first-order valence-corrected chi connectivity index (χ1v) is 11.2. The average Bonchev–Trinajstić information content (AvgIpc) is 2.76. The zero-order valence-corrected chi connectivity index (χ0v) is 17.6. The van der Waals surface area contributed by atoms with E-state index in [-0.39, 0.29) is 29.6 Å². The van der Waals surface area contributed by atoms with Crippen LogP contribution in [0.1, 0.15) is 18.8 Å². The molecule has 1 unspecified atom stereocenters. The molecule has 0 spiro atoms. The Bertz CT molecular complexity index is 1250. The maximum absolute atomic E-state index is 14.0. The lowest BCUT2D eigenvalue weighted by Crippen LogP contribution is -2.49. The van der Waals surface area contributed by atoms with Crippen LogP contribution in [0.15, 0.2) is 58.2 Å². The van der Waals surface area contributed by atoms with Crippen molar-refractivity contribution in [3.05, 3.63) is 70.5 Å². The van der Waals surface area contributed by atoms with Crippen molar-refractivity contribution in [3.63, 3.8) is 0 Å². The summed E-state index contributed by atoms with van der Waals surface area (Å²) in [5.41, 5.74) is 0.534. The van der Waals surface area contributed by atoms with Crippen LogP contribution in [-0.2, 0) is 17.1 Å². The molecule has 1 aromatic heterocycles. The third-order valence-corrected chi connectivity index (χ3v) is 7.60. The molecule has 2 heterocycles. The van der Waals surface area contributed by atoms with Crippen LogP contribution in [0.25, 0.3) is 10.9 Å². The molecule has 1 saturated heterocycles. The number of aromatic nitrogens is 2. The lowest BCUT2D eigenvalue weighted by Gasteiger charge is -2.37. The second kappa shape index (κ2) is 7.90. The molecule has 0 bridgehead atoms. The van der Waals surface area contributed by atoms with Gasteiger partial charge in [0.05, 0.1) is 16.9 Å². The normalized spacial score (nSPS) is 17.3. The molecule has 0 aliphatic carbocycles. The van der Waals surface area contributed by atoms with Gasteiger partial charge in [-0.05, 0) is 31.2 Å². The molecule has 9 heteroatoms. The predicted octanol–water partition coefficient (Wildman–Crippen LogP) is 2.14. The standard InChI is InChI=1S/C21H23FN4O3S/c1-15(20-23-18-9-5-3-7-16(18)21(27)24(20)2)25-11-13-26(14-12-25)30(28,29)19-10-6-4-8-17(19)22/h3-10,15H,11-14H2,1-2H3. The van der Waals surface area contributed by atoms with Crippen LogP contribution in [0.5, 0.6) is 0 Å². The molecule has 7 nitrogen and oxygen atoms in total. The van der Waals surface area contributed by atoms with Crippen LogP contribution in [0.4, 0.5) is 4.39 Å². The fraction of sp³-hybridized carbons (Fsp3) is 0.333. The minimum Gasteiger partial charge on any atom is -0.298 e. The summed E-state index contributed by atoms with van der Waals surface area (Å²) in [6, 6.07) is 12.5. The average molecular weight is 431 g/mol. The molecular formula is C21H23FN4O3S. The minimum atomic E-state index is -3.89. The third kappa shape index (κ3) is 3.53. The summed E-state index contributed by atoms with van der Waals surface area (Å²) < 4.78 is 42.5. The molecular weight excluding hydrogens is 407 g/mol. The van der Waals surface area contributed by atoms with Gasteiger partial charge in [-0.1, -0.05) is 24.3 Å². The molecule has 30 heavy (non-hydrogen) atoms. The van der Waals surface area contributed by atoms with E-state index in [1.807, 2.05) is 25.1 Å². The highest BCUT2D eigenvalue weighted by atomic mass is 32.2. The highest BCUT2D eigenvalue weighted by Crippen LogP contribution is 2.24. The van der Waals surface area contributed by atoms with Gasteiger partial charge in [0.2, 0.25) is 10.0 Å². The number of sulfonamides is 1. The third-order valence-electron chi connectivity index (χ3n) is 5.67. The molecule has 4 rings (SSSR count). The van der Waals surface area contributed by atoms with E-state index in [0.29, 0.717) is 29.8 Å². The van der Waals surface area contributed by atoms with E-state index in [0.717, 1.165) is 6.07 Å². The van der Waals surface area contributed by atoms with Crippen molar-refractivity contribution >= 4 is 20.9 Å². The summed E-state index contributed by atoms with van der Waals surface area (Å²) in [4.78, 5) is 19.2. The molecule has 3 aromatic rings. The van der Waals surface area contributed by atoms with E-state index >= 15 is 0 Å². The van der Waals surface area contributed by atoms with E-state index in [1.54, 1.807) is 17.7 Å². The van der Waals surface area contributed by atoms with Crippen LogP contribution in [0.2, 0.25) is 0 Å². The number of rotatable bonds is 4. The lowest BCUT2D eigenvalue weighted by molar-refractivity contribution is 0.138. The van der Waals surface area contributed by atoms with Crippen molar-refractivity contribution < 1.29 is 12.8 Å². The van der Waals surface area contributed by atoms with Gasteiger partial charge in [0.1, 0.15) is 16.5 Å². The van der Waals surface area contributed by atoms with E-state index in [2.05, 4.69) is 9.88 Å². The second-order valence-corrected chi connectivity index (χ2v) is 9.30. The van der Waals surface area contributed by atoms with Crippen LogP contribution in [0.3, 0.4) is 0 Å². The van der Waals surface area contributed by atoms with Crippen LogP contribution in [0, 0.1) is 5.82 Å². The Morgan fingerprint density at radius 2 is 1.63 bits per heavy atom. The topological polar surface area (TPSA) is 75.5 Å². The van der Waals surface area contributed by atoms with Crippen molar-refractivity contribution in [3.8, 4) is 0 Å². The Morgan fingerprint density at radius 1 is 1.00 bits per heavy atom. The van der Waals surface area contributed by atoms with Gasteiger partial charge in [0, 0.05) is 33.2 Å². The first kappa shape index (κ1) is 20.6. The highest BCUT2D eigenvalue weighted by Gasteiger charge is 2.32. The first-order valence-electron chi connectivity index (χ1n) is 9.75. The zero-order valence-electron chi connectivity index (χ0n) is 16.8. The largest absolute Gasteiger partial charge is 0.298 e. The zero-order chi connectivity index (χ0) is 21.5. The van der Waals surface area contributed by atoms with Crippen LogP contribution in [-0.4, -0.2) is 53.4 Å². The van der Waals surface area contributed by atoms with E-state index in [4.69, 9.17) is 0 Å². The number of fused-ring (bicyclic) bond motifs is 1. The number of piperazine rings is 1. The SMILES string of the molecule is CC(c1nc2ccccc2c(=O)n1C)N1CCN(S(=O)(=O)c2ccccc2F)CC1. The summed E-state index contributed by atoms with van der Waals surface area (Å²) in [7, 11) is -2.19. The van der Waals surface area contributed by atoms with E-state index < -0.39 is 15.8 Å². The van der Waals surface area contributed by atoms with E-state index in [9.17, 15) is 17.6 Å². The molecule has 1 aliphatic heterocycles. The maximum atomic E-state index is 14.0. The Labute approximate surface area is 174 Å². The summed E-state index contributed by atoms with van der Waals surface area (Å²) in [5, 5.41) is 0.566. The quantitative estimate of drug-likeness (QED) is 0.634. The van der Waals surface area contributed by atoms with Gasteiger partial charge in [-0.15, -0.1) is 0 Å². The molecule has 0 radical (unpaired) electrons. The maximum Gasteiger partial charge on any atom is 0.261 e. The molecule has 1 atom stereocenters. The van der Waals surface area contributed by atoms with Crippen molar-refractivity contribution in [1.29, 1.82) is 0 Å². The van der Waals surface area contributed by atoms with E-state index in [1.165, 1.54) is 22.5 Å². The van der Waals surface area contributed by atoms with Crippen molar-refractivity contribution in [2.24, 2.45) is 7.05 Å². The van der Waals surface area contributed by atoms with Gasteiger partial charge in [0.25, 0.3) is 5.56 Å². The lowest BCUT2D eigenvalue weighted by atomic mass is 10.2. The number of hydrogen-bond donors (Lipinski definition) is 0. The number of hydrogen-bond acceptors (Lipinski definition) is 5. The monoisotopic (exact) mass is 430 g/mol. The van der Waals surface area contributed by atoms with Gasteiger partial charge in [-0.2, -0.15) is 4.31 Å². The van der Waals surface area contributed by atoms with Crippen molar-refractivity contribution in [2.75, 3.05) is 26.2 Å². The molecule has 158 valence electrons. The van der Waals surface area contributed by atoms with Gasteiger partial charge in [0.15, 0.2) is 0 Å². The summed E-state index contributed by atoms with van der Waals surface area (Å²) in [5.74, 6) is -0.118. The van der Waals surface area contributed by atoms with Crippen molar-refractivity contribution in [2.45, 2.75) is 17.9 Å². The summed E-state index contributed by atoms with van der Waals surface area (Å²) in [6.45, 7) is 3.34. The molecule has 0 N–H and O–H groups in total. The molecule has 1 aliphatic rings. The first-order chi connectivity index (χ1) is 14.3. The second-order valence-electron chi connectivity index (χ2n) is 7.40. The van der Waals surface area contributed by atoms with Gasteiger partial charge in [-0.3, -0.25) is 14.3 Å². The van der Waals surface area contributed by atoms with Crippen LogP contribution < -0.4 is 5.56 Å². The fourth-order valence-corrected chi connectivity index (χ4v) is 5.38. The summed E-state index contributed by atoms with van der Waals surface area (Å²) in [6.07, 6.45) is 0. The Balaban J connectivity index is 1.55. The Morgan fingerprint density at radius 3 is 2.33 bits per heavy atom. The number of nitrogens with zero attached hydrogens (tertiary/aromatic N) is 4. The molecule has 2 aromatic carbocycles. The van der Waals surface area contributed by atoms with Crippen molar-refractivity contribution in [1.82, 2.24) is 18.8 Å². The fourth-order valence-electron chi connectivity index (χ4n) is 3.90. The Hall–Kier alpha value is -2.62. The molecule has 1 fully saturated rings. The van der Waals surface area contributed by atoms with Gasteiger partial charge >= 0.3 is 0 Å². The number of benzene rings is 2.